The Kier molecular flexibility index (Phi) is 5.45. The van der Waals surface area contributed by atoms with E-state index in [0.717, 1.165) is 24.0 Å². The highest BCUT2D eigenvalue weighted by atomic mass is 19.1. The summed E-state index contributed by atoms with van der Waals surface area (Å²) in [4.78, 5) is 14.4. The fourth-order valence-electron chi connectivity index (χ4n) is 4.61. The van der Waals surface area contributed by atoms with Crippen LogP contribution in [0.2, 0.25) is 0 Å². The molecule has 2 aliphatic heterocycles. The summed E-state index contributed by atoms with van der Waals surface area (Å²) < 4.78 is 37.5. The average Bonchev–Trinajstić information content (AvgIpc) is 3.35. The molecular formula is C24H29FN2O5. The van der Waals surface area contributed by atoms with Crippen molar-refractivity contribution in [3.8, 4) is 11.3 Å². The zero-order valence-corrected chi connectivity index (χ0v) is 18.7. The first-order chi connectivity index (χ1) is 15.3. The number of aryl methyl sites for hydroxylation is 1. The van der Waals surface area contributed by atoms with Crippen LogP contribution in [-0.4, -0.2) is 54.2 Å². The Balaban J connectivity index is 1.24. The van der Waals surface area contributed by atoms with Crippen LogP contribution in [-0.2, 0) is 20.8 Å². The van der Waals surface area contributed by atoms with Gasteiger partial charge in [-0.15, -0.1) is 0 Å². The smallest absolute Gasteiger partial charge is 0.410 e. The third kappa shape index (κ3) is 4.13. The van der Waals surface area contributed by atoms with Crippen molar-refractivity contribution in [2.75, 3.05) is 26.3 Å². The van der Waals surface area contributed by atoms with E-state index in [1.54, 1.807) is 11.0 Å². The maximum atomic E-state index is 14.4. The molecular weight excluding hydrogens is 415 g/mol. The summed E-state index contributed by atoms with van der Waals surface area (Å²) in [5.74, 6) is 0.241. The summed E-state index contributed by atoms with van der Waals surface area (Å²) in [5.41, 5.74) is 2.39. The Bertz CT molecular complexity index is 1000. The van der Waals surface area contributed by atoms with Crippen LogP contribution >= 0.6 is 0 Å². The summed E-state index contributed by atoms with van der Waals surface area (Å²) >= 11 is 0. The molecule has 7 nitrogen and oxygen atoms in total. The molecule has 2 unspecified atom stereocenters. The van der Waals surface area contributed by atoms with Gasteiger partial charge in [0.2, 0.25) is 0 Å². The number of carbonyl (C=O) groups excluding carboxylic acids is 1. The molecule has 1 aliphatic carbocycles. The van der Waals surface area contributed by atoms with E-state index in [1.165, 1.54) is 6.07 Å². The number of halogens is 1. The molecule has 0 spiro atoms. The van der Waals surface area contributed by atoms with Crippen molar-refractivity contribution in [1.82, 2.24) is 10.1 Å². The lowest BCUT2D eigenvalue weighted by atomic mass is 9.84. The van der Waals surface area contributed by atoms with Crippen molar-refractivity contribution in [3.05, 3.63) is 40.8 Å². The van der Waals surface area contributed by atoms with Crippen LogP contribution in [0.4, 0.5) is 9.18 Å². The molecule has 32 heavy (non-hydrogen) atoms. The Labute approximate surface area is 186 Å². The lowest BCUT2D eigenvalue weighted by molar-refractivity contribution is -0.151. The molecule has 2 saturated heterocycles. The van der Waals surface area contributed by atoms with E-state index in [1.807, 2.05) is 26.8 Å². The lowest BCUT2D eigenvalue weighted by Crippen LogP contribution is -2.57. The van der Waals surface area contributed by atoms with Gasteiger partial charge >= 0.3 is 6.09 Å². The number of piperidine rings is 1. The number of carbonyl (C=O) groups is 1. The molecule has 5 rings (SSSR count). The zero-order valence-electron chi connectivity index (χ0n) is 18.7. The van der Waals surface area contributed by atoms with Crippen LogP contribution in [0, 0.1) is 31.5 Å². The summed E-state index contributed by atoms with van der Waals surface area (Å²) in [6.45, 7) is 8.13. The summed E-state index contributed by atoms with van der Waals surface area (Å²) in [5, 5.41) is 4.14. The molecule has 8 heteroatoms. The highest BCUT2D eigenvalue weighted by Crippen LogP contribution is 2.40. The summed E-state index contributed by atoms with van der Waals surface area (Å²) in [6.07, 6.45) is 1.58. The first-order valence-electron chi connectivity index (χ1n) is 11.2. The third-order valence-electron chi connectivity index (χ3n) is 6.85. The third-order valence-corrected chi connectivity index (χ3v) is 6.85. The minimum Gasteiger partial charge on any atom is -0.443 e. The van der Waals surface area contributed by atoms with Gasteiger partial charge in [0.25, 0.3) is 0 Å². The quantitative estimate of drug-likeness (QED) is 0.687. The van der Waals surface area contributed by atoms with Crippen molar-refractivity contribution in [3.63, 3.8) is 0 Å². The number of aromatic nitrogens is 1. The maximum Gasteiger partial charge on any atom is 0.410 e. The number of hydrogen-bond acceptors (Lipinski definition) is 6. The van der Waals surface area contributed by atoms with Crippen molar-refractivity contribution in [2.24, 2.45) is 11.8 Å². The van der Waals surface area contributed by atoms with Crippen LogP contribution in [0.5, 0.6) is 0 Å². The van der Waals surface area contributed by atoms with Crippen molar-refractivity contribution in [1.29, 1.82) is 0 Å². The SMILES string of the molecule is Cc1ccc(-c2onc(COC3C4COCC3CN(C(=O)OC3(C)CC3)C4)c2C)c(F)c1. The van der Waals surface area contributed by atoms with E-state index in [4.69, 9.17) is 18.7 Å². The number of fused-ring (bicyclic) bond motifs is 2. The largest absolute Gasteiger partial charge is 0.443 e. The maximum absolute atomic E-state index is 14.4. The Morgan fingerprint density at radius 2 is 1.97 bits per heavy atom. The van der Waals surface area contributed by atoms with Gasteiger partial charge in [-0.1, -0.05) is 11.2 Å². The highest BCUT2D eigenvalue weighted by molar-refractivity contribution is 5.68. The zero-order chi connectivity index (χ0) is 22.5. The van der Waals surface area contributed by atoms with E-state index in [2.05, 4.69) is 5.16 Å². The summed E-state index contributed by atoms with van der Waals surface area (Å²) in [7, 11) is 0. The molecule has 1 aromatic carbocycles. The van der Waals surface area contributed by atoms with Gasteiger partial charge in [0, 0.05) is 30.5 Å². The number of ether oxygens (including phenoxy) is 3. The fraction of sp³-hybridized carbons (Fsp3) is 0.583. The minimum absolute atomic E-state index is 0.0417. The van der Waals surface area contributed by atoms with Crippen LogP contribution in [0.1, 0.15) is 36.6 Å². The average molecular weight is 445 g/mol. The first kappa shape index (κ1) is 21.4. The number of benzene rings is 1. The highest BCUT2D eigenvalue weighted by Gasteiger charge is 2.46. The molecule has 1 saturated carbocycles. The predicted molar refractivity (Wildman–Crippen MR) is 113 cm³/mol. The standard InChI is InChI=1S/C24H29FN2O5/c1-14-4-5-18(19(25)8-14)21-15(2)20(26-32-21)13-30-22-16-9-27(10-17(22)12-29-11-16)23(28)31-24(3)6-7-24/h4-5,8,16-17,22H,6-7,9-13H2,1-3H3. The van der Waals surface area contributed by atoms with Gasteiger partial charge in [-0.05, 0) is 51.3 Å². The Morgan fingerprint density at radius 1 is 1.25 bits per heavy atom. The van der Waals surface area contributed by atoms with Gasteiger partial charge in [-0.3, -0.25) is 0 Å². The normalized spacial score (nSPS) is 26.1. The summed E-state index contributed by atoms with van der Waals surface area (Å²) in [6, 6.07) is 5.04. The van der Waals surface area contributed by atoms with Gasteiger partial charge in [-0.2, -0.15) is 0 Å². The van der Waals surface area contributed by atoms with E-state index in [0.29, 0.717) is 43.3 Å². The van der Waals surface area contributed by atoms with E-state index in [9.17, 15) is 9.18 Å². The van der Waals surface area contributed by atoms with Gasteiger partial charge in [0.15, 0.2) is 5.76 Å². The van der Waals surface area contributed by atoms with Crippen LogP contribution in [0.25, 0.3) is 11.3 Å². The predicted octanol–water partition coefficient (Wildman–Crippen LogP) is 4.25. The topological polar surface area (TPSA) is 74.0 Å². The molecule has 3 heterocycles. The first-order valence-corrected chi connectivity index (χ1v) is 11.2. The van der Waals surface area contributed by atoms with Crippen molar-refractivity contribution >= 4 is 6.09 Å². The van der Waals surface area contributed by atoms with Crippen LogP contribution in [0.3, 0.4) is 0 Å². The Morgan fingerprint density at radius 3 is 2.62 bits per heavy atom. The van der Waals surface area contributed by atoms with E-state index in [-0.39, 0.29) is 42.1 Å². The minimum atomic E-state index is -0.331. The Hall–Kier alpha value is -2.45. The van der Waals surface area contributed by atoms with E-state index < -0.39 is 0 Å². The van der Waals surface area contributed by atoms with Gasteiger partial charge in [-0.25, -0.2) is 9.18 Å². The molecule has 1 amide bonds. The molecule has 1 aromatic heterocycles. The van der Waals surface area contributed by atoms with Crippen molar-refractivity contribution in [2.45, 2.75) is 51.9 Å². The molecule has 3 fully saturated rings. The fourth-order valence-corrected chi connectivity index (χ4v) is 4.61. The second-order valence-corrected chi connectivity index (χ2v) is 9.62. The van der Waals surface area contributed by atoms with Crippen LogP contribution in [0.15, 0.2) is 22.7 Å². The molecule has 2 atom stereocenters. The molecule has 2 bridgehead atoms. The molecule has 172 valence electrons. The molecule has 2 aromatic rings. The number of amides is 1. The molecule has 3 aliphatic rings. The van der Waals surface area contributed by atoms with Gasteiger partial charge in [0.05, 0.1) is 31.5 Å². The van der Waals surface area contributed by atoms with E-state index >= 15 is 0 Å². The second-order valence-electron chi connectivity index (χ2n) is 9.62. The lowest BCUT2D eigenvalue weighted by Gasteiger charge is -2.46. The second kappa shape index (κ2) is 8.15. The van der Waals surface area contributed by atoms with Gasteiger partial charge < -0.3 is 23.6 Å². The monoisotopic (exact) mass is 444 g/mol. The molecule has 0 N–H and O–H groups in total. The number of likely N-dealkylation sites (tertiary alicyclic amines) is 1. The van der Waals surface area contributed by atoms with Gasteiger partial charge in [0.1, 0.15) is 17.1 Å². The number of nitrogens with zero attached hydrogens (tertiary/aromatic N) is 2. The number of rotatable bonds is 5. The van der Waals surface area contributed by atoms with Crippen molar-refractivity contribution < 1.29 is 27.9 Å². The molecule has 0 radical (unpaired) electrons. The number of hydrogen-bond donors (Lipinski definition) is 0. The van der Waals surface area contributed by atoms with Crippen LogP contribution < -0.4 is 0 Å².